The molecule has 3 rings (SSSR count). The first kappa shape index (κ1) is 18.3. The van der Waals surface area contributed by atoms with Crippen LogP contribution in [0.4, 0.5) is 10.5 Å². The minimum absolute atomic E-state index is 0.268. The van der Waals surface area contributed by atoms with Crippen molar-refractivity contribution in [2.45, 2.75) is 32.7 Å². The van der Waals surface area contributed by atoms with Gasteiger partial charge in [-0.1, -0.05) is 48.5 Å². The van der Waals surface area contributed by atoms with Gasteiger partial charge in [-0.3, -0.25) is 4.90 Å². The maximum absolute atomic E-state index is 12.7. The predicted octanol–water partition coefficient (Wildman–Crippen LogP) is 5.43. The summed E-state index contributed by atoms with van der Waals surface area (Å²) >= 11 is 0. The van der Waals surface area contributed by atoms with Crippen molar-refractivity contribution in [3.05, 3.63) is 71.5 Å². The number of carbonyl (C=O) groups is 1. The van der Waals surface area contributed by atoms with Gasteiger partial charge in [0.2, 0.25) is 8.32 Å². The minimum atomic E-state index is -1.70. The third kappa shape index (κ3) is 4.76. The molecule has 1 amide bonds. The van der Waals surface area contributed by atoms with Crippen LogP contribution in [0.15, 0.2) is 60.4 Å². The average Bonchev–Trinajstić information content (AvgIpc) is 2.78. The molecule has 2 aromatic carbocycles. The van der Waals surface area contributed by atoms with Gasteiger partial charge in [0.25, 0.3) is 0 Å². The first-order chi connectivity index (χ1) is 12.4. The minimum Gasteiger partial charge on any atom is -0.547 e. The lowest BCUT2D eigenvalue weighted by molar-refractivity contribution is 0.147. The Morgan fingerprint density at radius 1 is 1.04 bits per heavy atom. The third-order valence-corrected chi connectivity index (χ3v) is 4.86. The molecule has 0 saturated heterocycles. The van der Waals surface area contributed by atoms with E-state index in [9.17, 15) is 4.79 Å². The van der Waals surface area contributed by atoms with Crippen LogP contribution in [0.3, 0.4) is 0 Å². The fraction of sp³-hybridized carbons (Fsp3) is 0.286. The Bertz CT molecular complexity index is 796. The van der Waals surface area contributed by atoms with Crippen molar-refractivity contribution in [3.8, 4) is 0 Å². The third-order valence-electron chi connectivity index (χ3n) is 3.99. The molecule has 1 aliphatic rings. The number of hydrogen-bond donors (Lipinski definition) is 0. The fourth-order valence-electron chi connectivity index (χ4n) is 2.90. The second-order valence-electron chi connectivity index (χ2n) is 7.33. The molecule has 0 unspecified atom stereocenters. The number of para-hydroxylation sites is 1. The molecule has 0 atom stereocenters. The fourth-order valence-corrected chi connectivity index (χ4v) is 3.85. The molecular formula is C21H25NO3Si. The summed E-state index contributed by atoms with van der Waals surface area (Å²) in [6.45, 7) is 7.30. The number of hydrogen-bond acceptors (Lipinski definition) is 3. The van der Waals surface area contributed by atoms with E-state index < -0.39 is 8.32 Å². The van der Waals surface area contributed by atoms with E-state index in [0.29, 0.717) is 13.0 Å². The Morgan fingerprint density at radius 3 is 2.46 bits per heavy atom. The summed E-state index contributed by atoms with van der Waals surface area (Å²) in [5.74, 6) is 0.940. The molecule has 0 aliphatic carbocycles. The summed E-state index contributed by atoms with van der Waals surface area (Å²) in [7, 11) is -1.70. The highest BCUT2D eigenvalue weighted by molar-refractivity contribution is 6.70. The van der Waals surface area contributed by atoms with Crippen LogP contribution in [0.1, 0.15) is 17.5 Å². The number of benzene rings is 2. The summed E-state index contributed by atoms with van der Waals surface area (Å²) in [5, 5.41) is 0. The van der Waals surface area contributed by atoms with Crippen LogP contribution >= 0.6 is 0 Å². The molecule has 0 bridgehead atoms. The number of ether oxygens (including phenoxy) is 1. The Labute approximate surface area is 156 Å². The molecule has 0 aromatic heterocycles. The lowest BCUT2D eigenvalue weighted by atomic mass is 10.1. The summed E-state index contributed by atoms with van der Waals surface area (Å²) in [6.07, 6.45) is 2.40. The molecule has 136 valence electrons. The van der Waals surface area contributed by atoms with E-state index in [4.69, 9.17) is 9.16 Å². The molecule has 0 radical (unpaired) electrons. The summed E-state index contributed by atoms with van der Waals surface area (Å²) in [5.41, 5.74) is 2.82. The van der Waals surface area contributed by atoms with Gasteiger partial charge in [-0.25, -0.2) is 4.79 Å². The Balaban J connectivity index is 1.77. The highest BCUT2D eigenvalue weighted by atomic mass is 28.4. The van der Waals surface area contributed by atoms with Crippen LogP contribution < -0.4 is 4.90 Å². The molecule has 1 heterocycles. The van der Waals surface area contributed by atoms with Crippen molar-refractivity contribution in [1.29, 1.82) is 0 Å². The zero-order valence-corrected chi connectivity index (χ0v) is 16.6. The van der Waals surface area contributed by atoms with Crippen LogP contribution in [-0.2, 0) is 15.8 Å². The van der Waals surface area contributed by atoms with Crippen molar-refractivity contribution in [1.82, 2.24) is 0 Å². The second-order valence-corrected chi connectivity index (χ2v) is 11.8. The smallest absolute Gasteiger partial charge is 0.414 e. The van der Waals surface area contributed by atoms with Gasteiger partial charge in [-0.15, -0.1) is 0 Å². The van der Waals surface area contributed by atoms with Crippen molar-refractivity contribution in [2.75, 3.05) is 11.4 Å². The van der Waals surface area contributed by atoms with Crippen LogP contribution in [0, 0.1) is 0 Å². The van der Waals surface area contributed by atoms with Gasteiger partial charge in [-0.05, 0) is 37.3 Å². The first-order valence-corrected chi connectivity index (χ1v) is 12.3. The van der Waals surface area contributed by atoms with E-state index in [1.165, 1.54) is 0 Å². The van der Waals surface area contributed by atoms with Gasteiger partial charge in [-0.2, -0.15) is 0 Å². The summed E-state index contributed by atoms with van der Waals surface area (Å²) in [4.78, 5) is 14.4. The zero-order chi connectivity index (χ0) is 18.6. The normalized spacial score (nSPS) is 14.1. The van der Waals surface area contributed by atoms with Crippen LogP contribution in [-0.4, -0.2) is 21.0 Å². The van der Waals surface area contributed by atoms with E-state index >= 15 is 0 Å². The number of fused-ring (bicyclic) bond motifs is 1. The Hall–Kier alpha value is -2.53. The topological polar surface area (TPSA) is 38.8 Å². The Morgan fingerprint density at radius 2 is 1.73 bits per heavy atom. The van der Waals surface area contributed by atoms with Gasteiger partial charge in [0.15, 0.2) is 0 Å². The highest BCUT2D eigenvalue weighted by Crippen LogP contribution is 2.30. The van der Waals surface area contributed by atoms with Crippen LogP contribution in [0.25, 0.3) is 6.08 Å². The quantitative estimate of drug-likeness (QED) is 0.677. The van der Waals surface area contributed by atoms with Crippen molar-refractivity contribution in [3.63, 3.8) is 0 Å². The molecule has 1 aliphatic heterocycles. The van der Waals surface area contributed by atoms with Gasteiger partial charge < -0.3 is 9.16 Å². The number of rotatable bonds is 4. The maximum atomic E-state index is 12.7. The molecule has 0 fully saturated rings. The van der Waals surface area contributed by atoms with E-state index in [-0.39, 0.29) is 12.7 Å². The van der Waals surface area contributed by atoms with Gasteiger partial charge in [0.05, 0.1) is 11.4 Å². The van der Waals surface area contributed by atoms with Gasteiger partial charge in [0.1, 0.15) is 6.61 Å². The summed E-state index contributed by atoms with van der Waals surface area (Å²) < 4.78 is 11.7. The average molecular weight is 368 g/mol. The van der Waals surface area contributed by atoms with E-state index in [2.05, 4.69) is 25.7 Å². The van der Waals surface area contributed by atoms with E-state index in [0.717, 1.165) is 22.6 Å². The maximum Gasteiger partial charge on any atom is 0.414 e. The molecule has 0 N–H and O–H groups in total. The van der Waals surface area contributed by atoms with Crippen LogP contribution in [0.2, 0.25) is 19.6 Å². The zero-order valence-electron chi connectivity index (χ0n) is 15.6. The van der Waals surface area contributed by atoms with Crippen molar-refractivity contribution >= 4 is 26.2 Å². The van der Waals surface area contributed by atoms with E-state index in [1.54, 1.807) is 4.90 Å². The standard InChI is InChI=1S/C21H25NO3Si/c1-26(2,3)25-19-13-14-22(20-12-8-7-11-18(20)15-19)21(23)24-16-17-9-5-4-6-10-17/h4-12,15H,13-14,16H2,1-3H3. The predicted molar refractivity (Wildman–Crippen MR) is 107 cm³/mol. The number of anilines is 1. The SMILES string of the molecule is C[Si](C)(C)OC1=Cc2ccccc2N(C(=O)OCc2ccccc2)CC1. The molecule has 26 heavy (non-hydrogen) atoms. The lowest BCUT2D eigenvalue weighted by Gasteiger charge is -2.23. The van der Waals surface area contributed by atoms with Gasteiger partial charge in [0, 0.05) is 18.5 Å². The van der Waals surface area contributed by atoms with E-state index in [1.807, 2.05) is 54.6 Å². The largest absolute Gasteiger partial charge is 0.547 e. The number of nitrogens with zero attached hydrogens (tertiary/aromatic N) is 1. The second kappa shape index (κ2) is 7.79. The molecular weight excluding hydrogens is 342 g/mol. The molecule has 0 spiro atoms. The van der Waals surface area contributed by atoms with Crippen LogP contribution in [0.5, 0.6) is 0 Å². The molecule has 0 saturated carbocycles. The summed E-state index contributed by atoms with van der Waals surface area (Å²) in [6, 6.07) is 17.6. The number of amides is 1. The number of carbonyl (C=O) groups excluding carboxylic acids is 1. The van der Waals surface area contributed by atoms with Crippen molar-refractivity contribution < 1.29 is 14.0 Å². The van der Waals surface area contributed by atoms with Gasteiger partial charge >= 0.3 is 6.09 Å². The molecule has 2 aromatic rings. The van der Waals surface area contributed by atoms with Crippen molar-refractivity contribution in [2.24, 2.45) is 0 Å². The monoisotopic (exact) mass is 367 g/mol. The highest BCUT2D eigenvalue weighted by Gasteiger charge is 2.25. The first-order valence-electron chi connectivity index (χ1n) is 8.89. The Kier molecular flexibility index (Phi) is 5.47. The lowest BCUT2D eigenvalue weighted by Crippen LogP contribution is -2.33. The molecule has 4 nitrogen and oxygen atoms in total. The molecule has 5 heteroatoms.